The van der Waals surface area contributed by atoms with Crippen molar-refractivity contribution in [2.24, 2.45) is 0 Å². The van der Waals surface area contributed by atoms with Crippen molar-refractivity contribution in [3.8, 4) is 0 Å². The number of halogens is 3. The summed E-state index contributed by atoms with van der Waals surface area (Å²) in [6.07, 6.45) is 0.858. The van der Waals surface area contributed by atoms with E-state index >= 15 is 0 Å². The summed E-state index contributed by atoms with van der Waals surface area (Å²) in [6, 6.07) is 1.40. The van der Waals surface area contributed by atoms with Crippen molar-refractivity contribution in [2.45, 2.75) is 13.3 Å². The van der Waals surface area contributed by atoms with Crippen LogP contribution in [0.1, 0.15) is 13.3 Å². The van der Waals surface area contributed by atoms with Crippen LogP contribution in [0.3, 0.4) is 0 Å². The summed E-state index contributed by atoms with van der Waals surface area (Å²) in [5.74, 6) is -0.951. The molecule has 0 spiro atoms. The number of hydrogen-bond acceptors (Lipinski definition) is 2. The molecule has 0 heterocycles. The Morgan fingerprint density at radius 3 is 2.50 bits per heavy atom. The molecule has 0 aliphatic carbocycles. The van der Waals surface area contributed by atoms with E-state index in [0.717, 1.165) is 24.0 Å². The van der Waals surface area contributed by atoms with Gasteiger partial charge in [-0.25, -0.2) is 13.2 Å². The smallest absolute Gasteiger partial charge is 0.161 e. The zero-order valence-electron chi connectivity index (χ0n) is 9.03. The molecular weight excluding hydrogens is 235 g/mol. The van der Waals surface area contributed by atoms with Gasteiger partial charge in [-0.15, -0.1) is 0 Å². The van der Waals surface area contributed by atoms with Gasteiger partial charge in [0.1, 0.15) is 5.82 Å². The first-order chi connectivity index (χ1) is 7.65. The Balaban J connectivity index is 2.45. The van der Waals surface area contributed by atoms with Crippen LogP contribution in [0.4, 0.5) is 18.9 Å². The molecule has 0 aliphatic heterocycles. The zero-order valence-corrected chi connectivity index (χ0v) is 9.84. The van der Waals surface area contributed by atoms with Crippen LogP contribution >= 0.6 is 11.8 Å². The Bertz CT molecular complexity index is 344. The molecule has 16 heavy (non-hydrogen) atoms. The van der Waals surface area contributed by atoms with E-state index in [2.05, 4.69) is 12.2 Å². The van der Waals surface area contributed by atoms with Crippen LogP contribution in [0.25, 0.3) is 0 Å². The molecule has 90 valence electrons. The molecule has 1 aromatic rings. The van der Waals surface area contributed by atoms with Crippen LogP contribution < -0.4 is 5.32 Å². The van der Waals surface area contributed by atoms with Crippen molar-refractivity contribution in [3.63, 3.8) is 0 Å². The second-order valence-corrected chi connectivity index (χ2v) is 4.62. The minimum absolute atomic E-state index is 0.0143. The van der Waals surface area contributed by atoms with Gasteiger partial charge in [-0.2, -0.15) is 11.8 Å². The van der Waals surface area contributed by atoms with Crippen LogP contribution in [-0.2, 0) is 0 Å². The van der Waals surface area contributed by atoms with Crippen molar-refractivity contribution in [3.05, 3.63) is 29.6 Å². The maximum Gasteiger partial charge on any atom is 0.161 e. The van der Waals surface area contributed by atoms with Crippen molar-refractivity contribution >= 4 is 17.4 Å². The molecule has 0 saturated heterocycles. The van der Waals surface area contributed by atoms with Gasteiger partial charge in [-0.1, -0.05) is 6.92 Å². The van der Waals surface area contributed by atoms with Gasteiger partial charge in [0.05, 0.1) is 5.69 Å². The predicted octanol–water partition coefficient (Wildman–Crippen LogP) is 3.66. The Morgan fingerprint density at radius 1 is 1.12 bits per heavy atom. The van der Waals surface area contributed by atoms with Gasteiger partial charge in [-0.05, 0) is 17.9 Å². The minimum atomic E-state index is -1.16. The lowest BCUT2D eigenvalue weighted by molar-refractivity contribution is 0.496. The van der Waals surface area contributed by atoms with E-state index in [4.69, 9.17) is 0 Å². The van der Waals surface area contributed by atoms with Gasteiger partial charge < -0.3 is 5.32 Å². The second kappa shape index (κ2) is 6.68. The van der Waals surface area contributed by atoms with E-state index in [1.165, 1.54) is 0 Å². The maximum absolute atomic E-state index is 13.1. The number of rotatable bonds is 6. The van der Waals surface area contributed by atoms with Crippen LogP contribution in [0.5, 0.6) is 0 Å². The van der Waals surface area contributed by atoms with Gasteiger partial charge in [0.25, 0.3) is 0 Å². The standard InChI is InChI=1S/C11H14F3NS/c1-2-16-5-3-4-15-11-7-9(13)8(12)6-10(11)14/h6-7,15H,2-5H2,1H3. The van der Waals surface area contributed by atoms with Gasteiger partial charge in [-0.3, -0.25) is 0 Å². The van der Waals surface area contributed by atoms with E-state index in [0.29, 0.717) is 12.6 Å². The molecule has 0 bridgehead atoms. The summed E-state index contributed by atoms with van der Waals surface area (Å²) in [7, 11) is 0. The third-order valence-electron chi connectivity index (χ3n) is 1.99. The second-order valence-electron chi connectivity index (χ2n) is 3.22. The number of hydrogen-bond donors (Lipinski definition) is 1. The predicted molar refractivity (Wildman–Crippen MR) is 62.4 cm³/mol. The van der Waals surface area contributed by atoms with Crippen molar-refractivity contribution in [2.75, 3.05) is 23.4 Å². The lowest BCUT2D eigenvalue weighted by Gasteiger charge is -2.07. The summed E-state index contributed by atoms with van der Waals surface area (Å²) >= 11 is 1.79. The molecule has 1 N–H and O–H groups in total. The fourth-order valence-electron chi connectivity index (χ4n) is 1.20. The van der Waals surface area contributed by atoms with Crippen LogP contribution in [0.15, 0.2) is 12.1 Å². The van der Waals surface area contributed by atoms with Crippen LogP contribution in [-0.4, -0.2) is 18.1 Å². The van der Waals surface area contributed by atoms with Gasteiger partial charge in [0.2, 0.25) is 0 Å². The van der Waals surface area contributed by atoms with E-state index in [1.54, 1.807) is 11.8 Å². The summed E-state index contributed by atoms with van der Waals surface area (Å²) in [6.45, 7) is 2.61. The van der Waals surface area contributed by atoms with E-state index in [1.807, 2.05) is 0 Å². The van der Waals surface area contributed by atoms with Crippen molar-refractivity contribution in [1.82, 2.24) is 0 Å². The normalized spacial score (nSPS) is 10.5. The fourth-order valence-corrected chi connectivity index (χ4v) is 1.84. The van der Waals surface area contributed by atoms with Crippen LogP contribution in [0.2, 0.25) is 0 Å². The van der Waals surface area contributed by atoms with Crippen molar-refractivity contribution in [1.29, 1.82) is 0 Å². The summed E-state index contributed by atoms with van der Waals surface area (Å²) in [5.41, 5.74) is 0.0143. The first-order valence-corrected chi connectivity index (χ1v) is 6.26. The Labute approximate surface area is 97.4 Å². The van der Waals surface area contributed by atoms with E-state index in [9.17, 15) is 13.2 Å². The lowest BCUT2D eigenvalue weighted by Crippen LogP contribution is -2.05. The molecule has 0 unspecified atom stereocenters. The summed E-state index contributed by atoms with van der Waals surface area (Å²) in [5, 5.41) is 2.74. The van der Waals surface area contributed by atoms with E-state index in [-0.39, 0.29) is 5.69 Å². The molecule has 0 fully saturated rings. The Hall–Kier alpha value is -0.840. The van der Waals surface area contributed by atoms with E-state index < -0.39 is 17.5 Å². The highest BCUT2D eigenvalue weighted by Crippen LogP contribution is 2.18. The number of nitrogens with one attached hydrogen (secondary N) is 1. The molecule has 0 amide bonds. The highest BCUT2D eigenvalue weighted by molar-refractivity contribution is 7.99. The molecule has 0 atom stereocenters. The number of anilines is 1. The van der Waals surface area contributed by atoms with Crippen molar-refractivity contribution < 1.29 is 13.2 Å². The van der Waals surface area contributed by atoms with Crippen LogP contribution in [0, 0.1) is 17.5 Å². The first-order valence-electron chi connectivity index (χ1n) is 5.11. The molecule has 0 aliphatic rings. The summed E-state index contributed by atoms with van der Waals surface area (Å²) < 4.78 is 38.5. The molecule has 5 heteroatoms. The Morgan fingerprint density at radius 2 is 1.81 bits per heavy atom. The lowest BCUT2D eigenvalue weighted by atomic mass is 10.2. The highest BCUT2D eigenvalue weighted by Gasteiger charge is 2.08. The Kier molecular flexibility index (Phi) is 5.52. The largest absolute Gasteiger partial charge is 0.383 e. The fraction of sp³-hybridized carbons (Fsp3) is 0.455. The topological polar surface area (TPSA) is 12.0 Å². The highest BCUT2D eigenvalue weighted by atomic mass is 32.2. The zero-order chi connectivity index (χ0) is 12.0. The quantitative estimate of drug-likeness (QED) is 0.610. The molecular formula is C11H14F3NS. The number of benzene rings is 1. The molecule has 0 radical (unpaired) electrons. The maximum atomic E-state index is 13.1. The summed E-state index contributed by atoms with van der Waals surface area (Å²) in [4.78, 5) is 0. The minimum Gasteiger partial charge on any atom is -0.383 e. The van der Waals surface area contributed by atoms with Gasteiger partial charge >= 0.3 is 0 Å². The molecule has 1 aromatic carbocycles. The molecule has 1 rings (SSSR count). The average molecular weight is 249 g/mol. The van der Waals surface area contributed by atoms with Gasteiger partial charge in [0.15, 0.2) is 11.6 Å². The third kappa shape index (κ3) is 3.96. The average Bonchev–Trinajstić information content (AvgIpc) is 2.25. The number of thioether (sulfide) groups is 1. The monoisotopic (exact) mass is 249 g/mol. The first kappa shape index (κ1) is 13.2. The van der Waals surface area contributed by atoms with Gasteiger partial charge in [0, 0.05) is 18.7 Å². The third-order valence-corrected chi connectivity index (χ3v) is 2.98. The molecule has 1 nitrogen and oxygen atoms in total. The molecule has 0 aromatic heterocycles. The molecule has 0 saturated carbocycles. The SMILES string of the molecule is CCSCCCNc1cc(F)c(F)cc1F.